The first kappa shape index (κ1) is 30.9. The average Bonchev–Trinajstić information content (AvgIpc) is 3.14. The maximum Gasteiger partial charge on any atom is 0.406 e. The molecule has 222 valence electrons. The molecule has 0 saturated carbocycles. The molecule has 1 atom stereocenters. The average molecular weight is 580 g/mol. The standard InChI is InChI=1S/C36H37NO6/c1-5-7-13-31-26(3)36(33-15-9-8-14-32(31)33,28-17-20-30(21-18-28)41-23-25-43-35(39)37-4)27-11-10-12-29(19-16-27)40-22-24-42-34(38)6-2/h5-11,13-21H,2-3,12,22-25H2,1,4H3,(H,37,39)/b7-5-,31-13+. The van der Waals surface area contributed by atoms with E-state index in [4.69, 9.17) is 18.9 Å². The van der Waals surface area contributed by atoms with Crippen molar-refractivity contribution in [2.45, 2.75) is 18.8 Å². The number of fused-ring (bicyclic) bond motifs is 1. The molecule has 2 aromatic carbocycles. The second kappa shape index (κ2) is 14.7. The highest BCUT2D eigenvalue weighted by atomic mass is 16.6. The van der Waals surface area contributed by atoms with Crippen molar-refractivity contribution in [1.29, 1.82) is 0 Å². The Kier molecular flexibility index (Phi) is 10.6. The number of amides is 1. The molecule has 0 radical (unpaired) electrons. The summed E-state index contributed by atoms with van der Waals surface area (Å²) >= 11 is 0. The lowest BCUT2D eigenvalue weighted by atomic mass is 9.67. The zero-order valence-electron chi connectivity index (χ0n) is 24.6. The van der Waals surface area contributed by atoms with Gasteiger partial charge in [0.15, 0.2) is 0 Å². The van der Waals surface area contributed by atoms with Crippen molar-refractivity contribution in [2.75, 3.05) is 33.5 Å². The fraction of sp³-hybridized carbons (Fsp3) is 0.222. The number of alkyl carbamates (subject to hydrolysis) is 1. The van der Waals surface area contributed by atoms with E-state index in [1.165, 1.54) is 7.05 Å². The Bertz CT molecular complexity index is 1510. The van der Waals surface area contributed by atoms with Gasteiger partial charge in [-0.3, -0.25) is 0 Å². The smallest absolute Gasteiger partial charge is 0.406 e. The molecule has 0 spiro atoms. The monoisotopic (exact) mass is 579 g/mol. The maximum atomic E-state index is 11.3. The van der Waals surface area contributed by atoms with Crippen LogP contribution in [-0.4, -0.2) is 45.5 Å². The molecule has 2 aromatic rings. The predicted molar refractivity (Wildman–Crippen MR) is 169 cm³/mol. The van der Waals surface area contributed by atoms with Crippen LogP contribution >= 0.6 is 0 Å². The van der Waals surface area contributed by atoms with E-state index in [2.05, 4.69) is 73.1 Å². The van der Waals surface area contributed by atoms with Gasteiger partial charge in [-0.25, -0.2) is 9.59 Å². The molecule has 43 heavy (non-hydrogen) atoms. The van der Waals surface area contributed by atoms with Crippen LogP contribution in [0.5, 0.6) is 5.75 Å². The minimum atomic E-state index is -0.674. The van der Waals surface area contributed by atoms with Crippen LogP contribution in [0.25, 0.3) is 5.57 Å². The van der Waals surface area contributed by atoms with E-state index < -0.39 is 17.5 Å². The number of hydrogen-bond donors (Lipinski definition) is 1. The largest absolute Gasteiger partial charge is 0.494 e. The van der Waals surface area contributed by atoms with E-state index in [1.54, 1.807) is 0 Å². The van der Waals surface area contributed by atoms with Crippen molar-refractivity contribution in [3.63, 3.8) is 0 Å². The van der Waals surface area contributed by atoms with Gasteiger partial charge < -0.3 is 24.3 Å². The van der Waals surface area contributed by atoms with Gasteiger partial charge >= 0.3 is 12.1 Å². The summed E-state index contributed by atoms with van der Waals surface area (Å²) in [5, 5.41) is 2.41. The van der Waals surface area contributed by atoms with Gasteiger partial charge in [0.05, 0.1) is 11.2 Å². The van der Waals surface area contributed by atoms with E-state index in [-0.39, 0.29) is 26.4 Å². The molecule has 2 aliphatic carbocycles. The Morgan fingerprint density at radius 3 is 2.47 bits per heavy atom. The molecule has 0 aliphatic heterocycles. The zero-order valence-corrected chi connectivity index (χ0v) is 24.6. The summed E-state index contributed by atoms with van der Waals surface area (Å²) in [7, 11) is 1.51. The second-order valence-electron chi connectivity index (χ2n) is 9.72. The summed E-state index contributed by atoms with van der Waals surface area (Å²) in [5.41, 5.74) is 5.69. The Balaban J connectivity index is 1.71. The molecule has 1 unspecified atom stereocenters. The molecule has 0 saturated heterocycles. The third-order valence-corrected chi connectivity index (χ3v) is 7.21. The van der Waals surface area contributed by atoms with Crippen LogP contribution in [0.4, 0.5) is 4.79 Å². The SMILES string of the molecule is C=CC(=O)OCCOC1=CC=C(C2(c3ccc(OCCOC(=O)NC)cc3)C(=C)/C(=C\C=C/C)c3ccccc32)C=CC1. The van der Waals surface area contributed by atoms with Crippen LogP contribution < -0.4 is 10.1 Å². The van der Waals surface area contributed by atoms with E-state index in [0.717, 1.165) is 45.2 Å². The molecular formula is C36H37NO6. The number of esters is 1. The number of carbonyl (C=O) groups excluding carboxylic acids is 2. The number of carbonyl (C=O) groups is 2. The predicted octanol–water partition coefficient (Wildman–Crippen LogP) is 6.75. The summed E-state index contributed by atoms with van der Waals surface area (Å²) in [5.74, 6) is 0.954. The summed E-state index contributed by atoms with van der Waals surface area (Å²) in [6, 6.07) is 16.4. The quantitative estimate of drug-likeness (QED) is 0.170. The van der Waals surface area contributed by atoms with E-state index in [1.807, 2.05) is 43.4 Å². The van der Waals surface area contributed by atoms with Gasteiger partial charge in [-0.05, 0) is 58.5 Å². The maximum absolute atomic E-state index is 11.3. The van der Waals surface area contributed by atoms with Crippen molar-refractivity contribution in [1.82, 2.24) is 5.32 Å². The third-order valence-electron chi connectivity index (χ3n) is 7.21. The second-order valence-corrected chi connectivity index (χ2v) is 9.72. The Labute approximate surface area is 253 Å². The van der Waals surface area contributed by atoms with E-state index in [9.17, 15) is 9.59 Å². The summed E-state index contributed by atoms with van der Waals surface area (Å²) in [6.07, 6.45) is 15.6. The van der Waals surface area contributed by atoms with Crippen LogP contribution in [0.2, 0.25) is 0 Å². The number of ether oxygens (including phenoxy) is 4. The fourth-order valence-corrected chi connectivity index (χ4v) is 5.29. The lowest BCUT2D eigenvalue weighted by Crippen LogP contribution is -2.28. The lowest BCUT2D eigenvalue weighted by molar-refractivity contribution is -0.138. The van der Waals surface area contributed by atoms with Crippen molar-refractivity contribution < 1.29 is 28.5 Å². The highest BCUT2D eigenvalue weighted by Gasteiger charge is 2.47. The Hall–Kier alpha value is -5.04. The van der Waals surface area contributed by atoms with Crippen LogP contribution in [0, 0.1) is 0 Å². The molecule has 2 aliphatic rings. The number of allylic oxidation sites excluding steroid dienone is 10. The fourth-order valence-electron chi connectivity index (χ4n) is 5.29. The summed E-state index contributed by atoms with van der Waals surface area (Å²) < 4.78 is 21.8. The van der Waals surface area contributed by atoms with Crippen molar-refractivity contribution in [3.8, 4) is 5.75 Å². The van der Waals surface area contributed by atoms with Gasteiger partial charge in [-0.2, -0.15) is 0 Å². The third kappa shape index (κ3) is 6.89. The molecule has 0 heterocycles. The first-order valence-electron chi connectivity index (χ1n) is 14.2. The van der Waals surface area contributed by atoms with Crippen LogP contribution in [-0.2, 0) is 24.4 Å². The summed E-state index contributed by atoms with van der Waals surface area (Å²) in [6.45, 7) is 10.8. The lowest BCUT2D eigenvalue weighted by Gasteiger charge is -2.34. The van der Waals surface area contributed by atoms with Crippen molar-refractivity contribution in [2.24, 2.45) is 0 Å². The molecule has 7 nitrogen and oxygen atoms in total. The Morgan fingerprint density at radius 2 is 1.72 bits per heavy atom. The van der Waals surface area contributed by atoms with Gasteiger partial charge in [0.1, 0.15) is 32.2 Å². The highest BCUT2D eigenvalue weighted by molar-refractivity contribution is 5.94. The van der Waals surface area contributed by atoms with Gasteiger partial charge in [0, 0.05) is 19.5 Å². The zero-order chi connectivity index (χ0) is 30.7. The molecule has 1 amide bonds. The first-order valence-corrected chi connectivity index (χ1v) is 14.2. The molecule has 0 aromatic heterocycles. The normalized spacial score (nSPS) is 18.4. The molecule has 4 rings (SSSR count). The molecule has 7 heteroatoms. The van der Waals surface area contributed by atoms with Crippen molar-refractivity contribution in [3.05, 3.63) is 144 Å². The Morgan fingerprint density at radius 1 is 0.977 bits per heavy atom. The van der Waals surface area contributed by atoms with Crippen LogP contribution in [0.15, 0.2) is 127 Å². The number of nitrogens with one attached hydrogen (secondary N) is 1. The van der Waals surface area contributed by atoms with Gasteiger partial charge in [-0.15, -0.1) is 0 Å². The van der Waals surface area contributed by atoms with E-state index >= 15 is 0 Å². The molecule has 0 fully saturated rings. The minimum Gasteiger partial charge on any atom is -0.494 e. The summed E-state index contributed by atoms with van der Waals surface area (Å²) in [4.78, 5) is 22.7. The van der Waals surface area contributed by atoms with Gasteiger partial charge in [0.25, 0.3) is 0 Å². The minimum absolute atomic E-state index is 0.139. The van der Waals surface area contributed by atoms with Gasteiger partial charge in [-0.1, -0.05) is 86.0 Å². The van der Waals surface area contributed by atoms with Gasteiger partial charge in [0.2, 0.25) is 0 Å². The van der Waals surface area contributed by atoms with Crippen molar-refractivity contribution >= 4 is 17.6 Å². The first-order chi connectivity index (χ1) is 20.9. The van der Waals surface area contributed by atoms with E-state index in [0.29, 0.717) is 12.2 Å². The topological polar surface area (TPSA) is 83.1 Å². The molecular weight excluding hydrogens is 542 g/mol. The number of rotatable bonds is 12. The van der Waals surface area contributed by atoms with Crippen LogP contribution in [0.3, 0.4) is 0 Å². The number of benzene rings is 2. The molecule has 1 N–H and O–H groups in total. The number of hydrogen-bond acceptors (Lipinski definition) is 6. The highest BCUT2D eigenvalue weighted by Crippen LogP contribution is 2.57. The van der Waals surface area contributed by atoms with Crippen LogP contribution in [0.1, 0.15) is 30.0 Å². The molecule has 0 bridgehead atoms.